The molecule has 2 nitrogen and oxygen atoms in total. The van der Waals surface area contributed by atoms with Crippen LogP contribution in [0.25, 0.3) is 0 Å². The largest absolute Gasteiger partial charge is 0.296 e. The molecule has 1 heterocycles. The van der Waals surface area contributed by atoms with E-state index in [2.05, 4.69) is 4.98 Å². The Hall–Kier alpha value is -0.600. The van der Waals surface area contributed by atoms with E-state index in [1.807, 2.05) is 0 Å². The summed E-state index contributed by atoms with van der Waals surface area (Å²) in [7, 11) is 0. The van der Waals surface area contributed by atoms with Crippen molar-refractivity contribution in [1.82, 2.24) is 4.98 Å². The van der Waals surface area contributed by atoms with Crippen molar-refractivity contribution in [1.29, 1.82) is 0 Å². The molecular formula is C7H5Cl2NO. The first-order chi connectivity index (χ1) is 5.26. The summed E-state index contributed by atoms with van der Waals surface area (Å²) >= 11 is 11.1. The Kier molecular flexibility index (Phi) is 2.85. The number of hydrogen-bond donors (Lipinski definition) is 0. The molecule has 4 heteroatoms. The van der Waals surface area contributed by atoms with Crippen LogP contribution in [0, 0.1) is 0 Å². The van der Waals surface area contributed by atoms with E-state index in [4.69, 9.17) is 23.2 Å². The second-order valence-electron chi connectivity index (χ2n) is 1.97. The van der Waals surface area contributed by atoms with Crippen LogP contribution in [0.5, 0.6) is 0 Å². The molecule has 0 saturated carbocycles. The lowest BCUT2D eigenvalue weighted by molar-refractivity contribution is 0.111. The number of aromatic nitrogens is 1. The van der Waals surface area contributed by atoms with Gasteiger partial charge in [0.25, 0.3) is 0 Å². The van der Waals surface area contributed by atoms with Gasteiger partial charge in [0.1, 0.15) is 10.8 Å². The molecule has 11 heavy (non-hydrogen) atoms. The third-order valence-electron chi connectivity index (χ3n) is 1.15. The van der Waals surface area contributed by atoms with E-state index in [-0.39, 0.29) is 0 Å². The van der Waals surface area contributed by atoms with E-state index >= 15 is 0 Å². The molecule has 1 aromatic heterocycles. The summed E-state index contributed by atoms with van der Waals surface area (Å²) in [6, 6.07) is 3.23. The van der Waals surface area contributed by atoms with Gasteiger partial charge < -0.3 is 0 Å². The highest BCUT2D eigenvalue weighted by atomic mass is 35.5. The lowest BCUT2D eigenvalue weighted by atomic mass is 10.2. The number of carbonyl (C=O) groups excluding carboxylic acids is 1. The predicted molar refractivity (Wildman–Crippen MR) is 44.2 cm³/mol. The maximum atomic E-state index is 10.3. The van der Waals surface area contributed by atoms with Gasteiger partial charge in [-0.25, -0.2) is 4.98 Å². The molecule has 0 aliphatic rings. The van der Waals surface area contributed by atoms with Gasteiger partial charge in [-0.2, -0.15) is 0 Å². The molecule has 0 aromatic carbocycles. The lowest BCUT2D eigenvalue weighted by Gasteiger charge is -1.96. The van der Waals surface area contributed by atoms with Gasteiger partial charge in [0.2, 0.25) is 0 Å². The van der Waals surface area contributed by atoms with Crippen LogP contribution in [-0.4, -0.2) is 11.3 Å². The van der Waals surface area contributed by atoms with Gasteiger partial charge in [-0.3, -0.25) is 4.79 Å². The topological polar surface area (TPSA) is 30.0 Å². The smallest absolute Gasteiger partial charge is 0.168 e. The molecule has 0 unspecified atom stereocenters. The van der Waals surface area contributed by atoms with Crippen molar-refractivity contribution in [3.05, 3.63) is 28.5 Å². The summed E-state index contributed by atoms with van der Waals surface area (Å²) < 4.78 is 0. The highest BCUT2D eigenvalue weighted by Crippen LogP contribution is 2.11. The molecule has 0 N–H and O–H groups in total. The number of nitrogens with zero attached hydrogens (tertiary/aromatic N) is 1. The molecule has 0 saturated heterocycles. The Labute approximate surface area is 74.1 Å². The monoisotopic (exact) mass is 189 g/mol. The summed E-state index contributed by atoms with van der Waals surface area (Å²) in [5, 5.41) is 0.297. The minimum Gasteiger partial charge on any atom is -0.296 e. The number of hydrogen-bond acceptors (Lipinski definition) is 2. The zero-order valence-corrected chi connectivity index (χ0v) is 7.06. The van der Waals surface area contributed by atoms with Gasteiger partial charge in [-0.1, -0.05) is 11.6 Å². The van der Waals surface area contributed by atoms with Crippen LogP contribution in [0.15, 0.2) is 12.1 Å². The van der Waals surface area contributed by atoms with Crippen LogP contribution >= 0.6 is 23.2 Å². The fourth-order valence-corrected chi connectivity index (χ4v) is 1.10. The molecule has 0 spiro atoms. The van der Waals surface area contributed by atoms with E-state index in [0.717, 1.165) is 5.56 Å². The summed E-state index contributed by atoms with van der Waals surface area (Å²) in [5.41, 5.74) is 1.11. The molecule has 0 fully saturated rings. The molecule has 0 amide bonds. The molecule has 0 aliphatic carbocycles. The Bertz CT molecular complexity index is 275. The van der Waals surface area contributed by atoms with E-state index in [9.17, 15) is 4.79 Å². The quantitative estimate of drug-likeness (QED) is 0.406. The lowest BCUT2D eigenvalue weighted by Crippen LogP contribution is -1.89. The normalized spacial score (nSPS) is 9.64. The Morgan fingerprint density at radius 3 is 2.82 bits per heavy atom. The van der Waals surface area contributed by atoms with Crippen LogP contribution in [0.1, 0.15) is 16.1 Å². The number of alkyl halides is 1. The minimum atomic E-state index is 0.297. The number of aldehydes is 1. The fourth-order valence-electron chi connectivity index (χ4n) is 0.710. The second-order valence-corrected chi connectivity index (χ2v) is 2.63. The fraction of sp³-hybridized carbons (Fsp3) is 0.143. The maximum Gasteiger partial charge on any atom is 0.168 e. The van der Waals surface area contributed by atoms with Crippen molar-refractivity contribution >= 4 is 29.5 Å². The summed E-state index contributed by atoms with van der Waals surface area (Å²) in [5.74, 6) is 0.336. The minimum absolute atomic E-state index is 0.297. The Morgan fingerprint density at radius 1 is 1.55 bits per heavy atom. The van der Waals surface area contributed by atoms with Crippen LogP contribution in [0.4, 0.5) is 0 Å². The first kappa shape index (κ1) is 8.50. The number of rotatable bonds is 2. The molecule has 0 atom stereocenters. The molecular weight excluding hydrogens is 185 g/mol. The average molecular weight is 190 g/mol. The second kappa shape index (κ2) is 3.69. The van der Waals surface area contributed by atoms with Crippen molar-refractivity contribution in [2.45, 2.75) is 5.88 Å². The van der Waals surface area contributed by atoms with E-state index < -0.39 is 0 Å². The van der Waals surface area contributed by atoms with Crippen LogP contribution in [0.3, 0.4) is 0 Å². The number of carbonyl (C=O) groups is 1. The third kappa shape index (κ3) is 2.17. The van der Waals surface area contributed by atoms with Crippen molar-refractivity contribution < 1.29 is 4.79 Å². The van der Waals surface area contributed by atoms with Gasteiger partial charge in [0, 0.05) is 5.88 Å². The van der Waals surface area contributed by atoms with Gasteiger partial charge in [-0.15, -0.1) is 11.6 Å². The zero-order chi connectivity index (χ0) is 8.27. The first-order valence-corrected chi connectivity index (χ1v) is 3.85. The molecule has 1 rings (SSSR count). The zero-order valence-electron chi connectivity index (χ0n) is 5.55. The van der Waals surface area contributed by atoms with Crippen molar-refractivity contribution in [2.24, 2.45) is 0 Å². The maximum absolute atomic E-state index is 10.3. The van der Waals surface area contributed by atoms with Gasteiger partial charge in [-0.05, 0) is 17.7 Å². The Morgan fingerprint density at radius 2 is 2.27 bits per heavy atom. The van der Waals surface area contributed by atoms with Crippen LogP contribution in [0.2, 0.25) is 5.15 Å². The standard InChI is InChI=1S/C7H5Cl2NO/c8-3-5-1-6(4-11)10-7(9)2-5/h1-2,4H,3H2. The molecule has 0 radical (unpaired) electrons. The molecule has 0 bridgehead atoms. The third-order valence-corrected chi connectivity index (χ3v) is 1.65. The number of pyridine rings is 1. The van der Waals surface area contributed by atoms with Crippen LogP contribution < -0.4 is 0 Å². The highest BCUT2D eigenvalue weighted by molar-refractivity contribution is 6.29. The van der Waals surface area contributed by atoms with Crippen molar-refractivity contribution in [3.63, 3.8) is 0 Å². The van der Waals surface area contributed by atoms with Gasteiger partial charge in [0.15, 0.2) is 6.29 Å². The molecule has 1 aromatic rings. The molecule has 58 valence electrons. The summed E-state index contributed by atoms with van der Waals surface area (Å²) in [6.07, 6.45) is 0.641. The van der Waals surface area contributed by atoms with Crippen LogP contribution in [-0.2, 0) is 5.88 Å². The number of halogens is 2. The first-order valence-electron chi connectivity index (χ1n) is 2.94. The van der Waals surface area contributed by atoms with E-state index in [1.54, 1.807) is 12.1 Å². The summed E-state index contributed by atoms with van der Waals surface area (Å²) in [4.78, 5) is 14.0. The van der Waals surface area contributed by atoms with E-state index in [1.165, 1.54) is 0 Å². The average Bonchev–Trinajstić information content (AvgIpc) is 2.03. The molecule has 0 aliphatic heterocycles. The predicted octanol–water partition coefficient (Wildman–Crippen LogP) is 2.29. The van der Waals surface area contributed by atoms with Gasteiger partial charge >= 0.3 is 0 Å². The highest BCUT2D eigenvalue weighted by Gasteiger charge is 1.98. The van der Waals surface area contributed by atoms with Crippen molar-refractivity contribution in [3.8, 4) is 0 Å². The SMILES string of the molecule is O=Cc1cc(CCl)cc(Cl)n1. The van der Waals surface area contributed by atoms with Gasteiger partial charge in [0.05, 0.1) is 0 Å². The van der Waals surface area contributed by atoms with Crippen molar-refractivity contribution in [2.75, 3.05) is 0 Å². The summed E-state index contributed by atoms with van der Waals surface area (Å²) in [6.45, 7) is 0. The Balaban J connectivity index is 3.11. The van der Waals surface area contributed by atoms with E-state index in [0.29, 0.717) is 23.0 Å².